The number of hydrogen-bond donors (Lipinski definition) is 0. The van der Waals surface area contributed by atoms with Crippen LogP contribution >= 0.6 is 0 Å². The number of hydrogen-bond acceptors (Lipinski definition) is 2. The summed E-state index contributed by atoms with van der Waals surface area (Å²) in [6.07, 6.45) is 3.92. The third-order valence-electron chi connectivity index (χ3n) is 2.97. The Kier molecular flexibility index (Phi) is 1.53. The van der Waals surface area contributed by atoms with Crippen LogP contribution in [0.1, 0.15) is 26.7 Å². The van der Waals surface area contributed by atoms with Crippen LogP contribution in [0.2, 0.25) is 0 Å². The summed E-state index contributed by atoms with van der Waals surface area (Å²) < 4.78 is 5.03. The molecule has 2 nitrogen and oxygen atoms in total. The zero-order valence-corrected chi connectivity index (χ0v) is 7.59. The molecule has 1 heterocycles. The van der Waals surface area contributed by atoms with Crippen molar-refractivity contribution in [3.05, 3.63) is 11.6 Å². The largest absolute Gasteiger partial charge is 0.462 e. The summed E-state index contributed by atoms with van der Waals surface area (Å²) in [5.41, 5.74) is 1.46. The molecule has 1 fully saturated rings. The first-order valence-electron chi connectivity index (χ1n) is 4.48. The lowest BCUT2D eigenvalue weighted by Crippen LogP contribution is -2.28. The van der Waals surface area contributed by atoms with E-state index in [1.165, 1.54) is 5.57 Å². The lowest BCUT2D eigenvalue weighted by Gasteiger charge is -2.28. The monoisotopic (exact) mass is 166 g/mol. The standard InChI is InChI=1S/C10H14O2/c1-7-3-8-4-9(11)12-6-10(8,2)5-7/h4,7H,3,5-6H2,1-2H3/t7-,10+/m1/s1. The van der Waals surface area contributed by atoms with Gasteiger partial charge >= 0.3 is 5.97 Å². The second-order valence-electron chi connectivity index (χ2n) is 4.35. The lowest BCUT2D eigenvalue weighted by atomic mass is 9.84. The summed E-state index contributed by atoms with van der Waals surface area (Å²) in [6, 6.07) is 0. The van der Waals surface area contributed by atoms with Gasteiger partial charge in [0.05, 0.1) is 0 Å². The summed E-state index contributed by atoms with van der Waals surface area (Å²) in [5, 5.41) is 0. The molecule has 0 N–H and O–H groups in total. The van der Waals surface area contributed by atoms with Crippen LogP contribution in [-0.4, -0.2) is 12.6 Å². The van der Waals surface area contributed by atoms with Gasteiger partial charge in [-0.05, 0) is 18.8 Å². The Morgan fingerprint density at radius 3 is 3.17 bits per heavy atom. The fourth-order valence-corrected chi connectivity index (χ4v) is 2.39. The zero-order chi connectivity index (χ0) is 8.77. The average molecular weight is 166 g/mol. The topological polar surface area (TPSA) is 26.3 Å². The first-order chi connectivity index (χ1) is 5.60. The van der Waals surface area contributed by atoms with Crippen LogP contribution in [0.25, 0.3) is 0 Å². The Bertz CT molecular complexity index is 255. The fourth-order valence-electron chi connectivity index (χ4n) is 2.39. The van der Waals surface area contributed by atoms with Gasteiger partial charge in [0.1, 0.15) is 6.61 Å². The molecule has 0 aromatic heterocycles. The van der Waals surface area contributed by atoms with Gasteiger partial charge in [-0.2, -0.15) is 0 Å². The van der Waals surface area contributed by atoms with E-state index >= 15 is 0 Å². The number of fused-ring (bicyclic) bond motifs is 1. The molecule has 0 aromatic rings. The van der Waals surface area contributed by atoms with Gasteiger partial charge < -0.3 is 4.74 Å². The van der Waals surface area contributed by atoms with Crippen LogP contribution in [0, 0.1) is 11.3 Å². The minimum atomic E-state index is -0.156. The smallest absolute Gasteiger partial charge is 0.330 e. The summed E-state index contributed by atoms with van der Waals surface area (Å²) in [5.74, 6) is 0.548. The maximum Gasteiger partial charge on any atom is 0.330 e. The van der Waals surface area contributed by atoms with Crippen LogP contribution in [-0.2, 0) is 9.53 Å². The summed E-state index contributed by atoms with van der Waals surface area (Å²) in [6.45, 7) is 5.01. The Hall–Kier alpha value is -0.790. The van der Waals surface area contributed by atoms with E-state index in [0.717, 1.165) is 12.8 Å². The Labute approximate surface area is 72.6 Å². The van der Waals surface area contributed by atoms with Crippen LogP contribution in [0.3, 0.4) is 0 Å². The van der Waals surface area contributed by atoms with E-state index in [9.17, 15) is 4.79 Å². The summed E-state index contributed by atoms with van der Waals surface area (Å²) in [7, 11) is 0. The number of carbonyl (C=O) groups excluding carboxylic acids is 1. The van der Waals surface area contributed by atoms with E-state index in [-0.39, 0.29) is 11.4 Å². The number of cyclic esters (lactones) is 1. The summed E-state index contributed by atoms with van der Waals surface area (Å²) >= 11 is 0. The van der Waals surface area contributed by atoms with Gasteiger partial charge in [-0.15, -0.1) is 0 Å². The molecule has 0 aromatic carbocycles. The third kappa shape index (κ3) is 1.06. The van der Waals surface area contributed by atoms with Gasteiger partial charge in [0.25, 0.3) is 0 Å². The Balaban J connectivity index is 2.32. The molecule has 0 amide bonds. The highest BCUT2D eigenvalue weighted by Crippen LogP contribution is 2.47. The van der Waals surface area contributed by atoms with Crippen molar-refractivity contribution in [2.45, 2.75) is 26.7 Å². The maximum absolute atomic E-state index is 11.0. The molecule has 1 aliphatic heterocycles. The molecule has 0 radical (unpaired) electrons. The Morgan fingerprint density at radius 2 is 2.42 bits per heavy atom. The fraction of sp³-hybridized carbons (Fsp3) is 0.700. The molecule has 1 aliphatic carbocycles. The molecule has 2 aliphatic rings. The minimum absolute atomic E-state index is 0.156. The van der Waals surface area contributed by atoms with E-state index in [1.807, 2.05) is 0 Å². The van der Waals surface area contributed by atoms with Crippen molar-refractivity contribution in [2.75, 3.05) is 6.61 Å². The number of rotatable bonds is 0. The van der Waals surface area contributed by atoms with E-state index in [2.05, 4.69) is 13.8 Å². The molecule has 12 heavy (non-hydrogen) atoms. The Morgan fingerprint density at radius 1 is 1.67 bits per heavy atom. The van der Waals surface area contributed by atoms with Gasteiger partial charge in [-0.1, -0.05) is 19.4 Å². The SMILES string of the molecule is C[C@@H]1CC2=CC(=O)OC[C@]2(C)C1. The average Bonchev–Trinajstić information content (AvgIpc) is 2.24. The molecule has 2 rings (SSSR count). The molecule has 0 bridgehead atoms. The summed E-state index contributed by atoms with van der Waals surface area (Å²) in [4.78, 5) is 11.0. The van der Waals surface area contributed by atoms with E-state index < -0.39 is 0 Å². The zero-order valence-electron chi connectivity index (χ0n) is 7.59. The number of ether oxygens (including phenoxy) is 1. The normalized spacial score (nSPS) is 40.3. The predicted molar refractivity (Wildman–Crippen MR) is 45.5 cm³/mol. The van der Waals surface area contributed by atoms with E-state index in [1.54, 1.807) is 6.08 Å². The van der Waals surface area contributed by atoms with E-state index in [4.69, 9.17) is 4.74 Å². The first-order valence-corrected chi connectivity index (χ1v) is 4.48. The molecule has 66 valence electrons. The second-order valence-corrected chi connectivity index (χ2v) is 4.35. The van der Waals surface area contributed by atoms with Crippen molar-refractivity contribution in [1.82, 2.24) is 0 Å². The molecule has 2 atom stereocenters. The molecule has 0 saturated heterocycles. The van der Waals surface area contributed by atoms with Gasteiger partial charge in [-0.25, -0.2) is 4.79 Å². The van der Waals surface area contributed by atoms with Crippen molar-refractivity contribution in [3.63, 3.8) is 0 Å². The second kappa shape index (κ2) is 2.35. The molecular formula is C10H14O2. The van der Waals surface area contributed by atoms with Crippen molar-refractivity contribution in [1.29, 1.82) is 0 Å². The molecular weight excluding hydrogens is 152 g/mol. The maximum atomic E-state index is 11.0. The van der Waals surface area contributed by atoms with Gasteiger partial charge in [0.15, 0.2) is 0 Å². The van der Waals surface area contributed by atoms with Gasteiger partial charge in [-0.3, -0.25) is 0 Å². The highest BCUT2D eigenvalue weighted by molar-refractivity contribution is 5.84. The molecule has 1 saturated carbocycles. The first kappa shape index (κ1) is 7.84. The van der Waals surface area contributed by atoms with Crippen LogP contribution in [0.5, 0.6) is 0 Å². The van der Waals surface area contributed by atoms with Crippen molar-refractivity contribution < 1.29 is 9.53 Å². The predicted octanol–water partition coefficient (Wildman–Crippen LogP) is 1.91. The third-order valence-corrected chi connectivity index (χ3v) is 2.97. The van der Waals surface area contributed by atoms with Gasteiger partial charge in [0, 0.05) is 11.5 Å². The molecule has 2 heteroatoms. The molecule has 0 spiro atoms. The van der Waals surface area contributed by atoms with Crippen LogP contribution < -0.4 is 0 Å². The van der Waals surface area contributed by atoms with Crippen molar-refractivity contribution in [2.24, 2.45) is 11.3 Å². The highest BCUT2D eigenvalue weighted by Gasteiger charge is 2.41. The lowest BCUT2D eigenvalue weighted by molar-refractivity contribution is -0.142. The van der Waals surface area contributed by atoms with E-state index in [0.29, 0.717) is 12.5 Å². The number of carbonyl (C=O) groups is 1. The number of esters is 1. The van der Waals surface area contributed by atoms with Crippen LogP contribution in [0.4, 0.5) is 0 Å². The van der Waals surface area contributed by atoms with Crippen LogP contribution in [0.15, 0.2) is 11.6 Å². The van der Waals surface area contributed by atoms with Gasteiger partial charge in [0.2, 0.25) is 0 Å². The van der Waals surface area contributed by atoms with Crippen molar-refractivity contribution >= 4 is 5.97 Å². The molecule has 0 unspecified atom stereocenters. The van der Waals surface area contributed by atoms with Crippen molar-refractivity contribution in [3.8, 4) is 0 Å². The highest BCUT2D eigenvalue weighted by atomic mass is 16.5. The quantitative estimate of drug-likeness (QED) is 0.514. The minimum Gasteiger partial charge on any atom is -0.462 e.